The molecule has 0 aromatic heterocycles. The maximum Gasteiger partial charge on any atom is 0.413 e. The number of ether oxygens (including phenoxy) is 2. The first-order chi connectivity index (χ1) is 9.17. The number of alkyl carbamates (subject to hydrolysis) is 1. The van der Waals surface area contributed by atoms with Gasteiger partial charge in [0.25, 0.3) is 0 Å². The number of hydrogen-bond acceptors (Lipinski definition) is 4. The van der Waals surface area contributed by atoms with Crippen LogP contribution in [-0.4, -0.2) is 31.5 Å². The highest BCUT2D eigenvalue weighted by atomic mass is 32.1. The molecule has 0 aliphatic heterocycles. The summed E-state index contributed by atoms with van der Waals surface area (Å²) < 4.78 is 9.97. The molecule has 5 nitrogen and oxygen atoms in total. The highest BCUT2D eigenvalue weighted by Gasteiger charge is 2.05. The molecule has 0 atom stereocenters. The largest absolute Gasteiger partial charge is 0.496 e. The maximum atomic E-state index is 11.1. The van der Waals surface area contributed by atoms with Gasteiger partial charge in [0, 0.05) is 6.54 Å². The topological polar surface area (TPSA) is 59.6 Å². The fraction of sp³-hybridized carbons (Fsp3) is 0.385. The number of hydrogen-bond donors (Lipinski definition) is 2. The van der Waals surface area contributed by atoms with Crippen molar-refractivity contribution >= 4 is 23.4 Å². The lowest BCUT2D eigenvalue weighted by molar-refractivity contribution is 0.157. The SMILES string of the molecule is CCOC(=O)NC(=S)NCCc1ccccc1OC. The third-order valence-electron chi connectivity index (χ3n) is 2.36. The van der Waals surface area contributed by atoms with Crippen molar-refractivity contribution in [1.29, 1.82) is 0 Å². The Morgan fingerprint density at radius 1 is 1.37 bits per heavy atom. The molecule has 0 saturated carbocycles. The monoisotopic (exact) mass is 282 g/mol. The van der Waals surface area contributed by atoms with E-state index in [1.54, 1.807) is 14.0 Å². The lowest BCUT2D eigenvalue weighted by atomic mass is 10.1. The van der Waals surface area contributed by atoms with Gasteiger partial charge < -0.3 is 14.8 Å². The molecular weight excluding hydrogens is 264 g/mol. The summed E-state index contributed by atoms with van der Waals surface area (Å²) in [6, 6.07) is 7.77. The number of amides is 1. The first-order valence-electron chi connectivity index (χ1n) is 6.00. The van der Waals surface area contributed by atoms with Crippen molar-refractivity contribution in [2.75, 3.05) is 20.3 Å². The maximum absolute atomic E-state index is 11.1. The van der Waals surface area contributed by atoms with E-state index in [0.29, 0.717) is 13.2 Å². The Hall–Kier alpha value is -1.82. The van der Waals surface area contributed by atoms with Crippen LogP contribution in [0.25, 0.3) is 0 Å². The number of methoxy groups -OCH3 is 1. The molecule has 0 bridgehead atoms. The van der Waals surface area contributed by atoms with Crippen molar-refractivity contribution in [3.8, 4) is 5.75 Å². The number of carbonyl (C=O) groups excluding carboxylic acids is 1. The highest BCUT2D eigenvalue weighted by Crippen LogP contribution is 2.17. The van der Waals surface area contributed by atoms with Crippen LogP contribution in [0.2, 0.25) is 0 Å². The van der Waals surface area contributed by atoms with Crippen LogP contribution >= 0.6 is 12.2 Å². The van der Waals surface area contributed by atoms with Gasteiger partial charge in [-0.25, -0.2) is 4.79 Å². The minimum atomic E-state index is -0.544. The van der Waals surface area contributed by atoms with Crippen molar-refractivity contribution in [3.05, 3.63) is 29.8 Å². The van der Waals surface area contributed by atoms with Gasteiger partial charge in [-0.3, -0.25) is 5.32 Å². The van der Waals surface area contributed by atoms with E-state index in [1.165, 1.54) is 0 Å². The summed E-state index contributed by atoms with van der Waals surface area (Å²) in [6.07, 6.45) is 0.201. The predicted octanol–water partition coefficient (Wildman–Crippen LogP) is 1.86. The van der Waals surface area contributed by atoms with E-state index < -0.39 is 6.09 Å². The van der Waals surface area contributed by atoms with Crippen LogP contribution in [0.3, 0.4) is 0 Å². The molecule has 0 fully saturated rings. The zero-order valence-corrected chi connectivity index (χ0v) is 11.9. The van der Waals surface area contributed by atoms with Crippen LogP contribution in [-0.2, 0) is 11.2 Å². The van der Waals surface area contributed by atoms with Gasteiger partial charge in [-0.1, -0.05) is 18.2 Å². The van der Waals surface area contributed by atoms with Gasteiger partial charge in [-0.15, -0.1) is 0 Å². The van der Waals surface area contributed by atoms with E-state index >= 15 is 0 Å². The van der Waals surface area contributed by atoms with Crippen molar-refractivity contribution < 1.29 is 14.3 Å². The summed E-state index contributed by atoms with van der Waals surface area (Å²) in [4.78, 5) is 11.1. The van der Waals surface area contributed by atoms with Crippen LogP contribution in [0.1, 0.15) is 12.5 Å². The molecule has 104 valence electrons. The van der Waals surface area contributed by atoms with Gasteiger partial charge in [0.2, 0.25) is 0 Å². The average molecular weight is 282 g/mol. The molecule has 2 N–H and O–H groups in total. The van der Waals surface area contributed by atoms with Gasteiger partial charge in [-0.2, -0.15) is 0 Å². The predicted molar refractivity (Wildman–Crippen MR) is 77.5 cm³/mol. The second kappa shape index (κ2) is 8.31. The Labute approximate surface area is 118 Å². The molecule has 0 radical (unpaired) electrons. The quantitative estimate of drug-likeness (QED) is 0.807. The summed E-state index contributed by atoms with van der Waals surface area (Å²) in [7, 11) is 1.64. The molecule has 0 aliphatic rings. The van der Waals surface area contributed by atoms with E-state index in [2.05, 4.69) is 10.6 Å². The number of thiocarbonyl (C=S) groups is 1. The molecule has 0 aliphatic carbocycles. The number of nitrogens with one attached hydrogen (secondary N) is 2. The Kier molecular flexibility index (Phi) is 6.67. The van der Waals surface area contributed by atoms with Gasteiger partial charge in [0.15, 0.2) is 5.11 Å². The molecule has 1 aromatic rings. The van der Waals surface area contributed by atoms with Crippen molar-refractivity contribution in [2.24, 2.45) is 0 Å². The molecule has 1 rings (SSSR count). The summed E-state index contributed by atoms with van der Waals surface area (Å²) in [5.41, 5.74) is 1.08. The van der Waals surface area contributed by atoms with E-state index in [9.17, 15) is 4.79 Å². The number of benzene rings is 1. The summed E-state index contributed by atoms with van der Waals surface area (Å²) in [5, 5.41) is 5.62. The molecule has 6 heteroatoms. The van der Waals surface area contributed by atoms with Gasteiger partial charge in [0.1, 0.15) is 5.75 Å². The molecule has 0 saturated heterocycles. The Morgan fingerprint density at radius 3 is 2.79 bits per heavy atom. The molecule has 1 amide bonds. The molecule has 0 unspecified atom stereocenters. The average Bonchev–Trinajstić information content (AvgIpc) is 2.39. The standard InChI is InChI=1S/C13H18N2O3S/c1-3-18-13(16)15-12(19)14-9-8-10-6-4-5-7-11(10)17-2/h4-7H,3,8-9H2,1-2H3,(H2,14,15,16,19). The number of rotatable bonds is 5. The molecular formula is C13H18N2O3S. The van der Waals surface area contributed by atoms with E-state index in [0.717, 1.165) is 17.7 Å². The molecule has 19 heavy (non-hydrogen) atoms. The fourth-order valence-electron chi connectivity index (χ4n) is 1.52. The summed E-state index contributed by atoms with van der Waals surface area (Å²) >= 11 is 4.97. The summed E-state index contributed by atoms with van der Waals surface area (Å²) in [5.74, 6) is 0.841. The first-order valence-corrected chi connectivity index (χ1v) is 6.41. The zero-order chi connectivity index (χ0) is 14.1. The first kappa shape index (κ1) is 15.2. The van der Waals surface area contributed by atoms with Crippen molar-refractivity contribution in [3.63, 3.8) is 0 Å². The highest BCUT2D eigenvalue weighted by molar-refractivity contribution is 7.80. The van der Waals surface area contributed by atoms with Crippen LogP contribution in [0.4, 0.5) is 4.79 Å². The second-order valence-electron chi connectivity index (χ2n) is 3.66. The van der Waals surface area contributed by atoms with E-state index in [1.807, 2.05) is 24.3 Å². The van der Waals surface area contributed by atoms with Crippen LogP contribution in [0, 0.1) is 0 Å². The van der Waals surface area contributed by atoms with Crippen LogP contribution in [0.5, 0.6) is 5.75 Å². The minimum absolute atomic E-state index is 0.258. The van der Waals surface area contributed by atoms with Gasteiger partial charge in [-0.05, 0) is 37.2 Å². The Balaban J connectivity index is 2.33. The zero-order valence-electron chi connectivity index (χ0n) is 11.1. The number of carbonyl (C=O) groups is 1. The van der Waals surface area contributed by atoms with E-state index in [-0.39, 0.29) is 5.11 Å². The van der Waals surface area contributed by atoms with Crippen molar-refractivity contribution in [2.45, 2.75) is 13.3 Å². The van der Waals surface area contributed by atoms with Crippen molar-refractivity contribution in [1.82, 2.24) is 10.6 Å². The van der Waals surface area contributed by atoms with Gasteiger partial charge in [0.05, 0.1) is 13.7 Å². The molecule has 0 heterocycles. The third kappa shape index (κ3) is 5.56. The minimum Gasteiger partial charge on any atom is -0.496 e. The lowest BCUT2D eigenvalue weighted by Gasteiger charge is -2.11. The Bertz CT molecular complexity index is 438. The Morgan fingerprint density at radius 2 is 2.11 bits per heavy atom. The van der Waals surface area contributed by atoms with E-state index in [4.69, 9.17) is 21.7 Å². The molecule has 1 aromatic carbocycles. The smallest absolute Gasteiger partial charge is 0.413 e. The van der Waals surface area contributed by atoms with Crippen LogP contribution < -0.4 is 15.4 Å². The van der Waals surface area contributed by atoms with Crippen LogP contribution in [0.15, 0.2) is 24.3 Å². The fourth-order valence-corrected chi connectivity index (χ4v) is 1.71. The second-order valence-corrected chi connectivity index (χ2v) is 4.07. The number of para-hydroxylation sites is 1. The van der Waals surface area contributed by atoms with Gasteiger partial charge >= 0.3 is 6.09 Å². The third-order valence-corrected chi connectivity index (χ3v) is 2.61. The normalized spacial score (nSPS) is 9.58. The summed E-state index contributed by atoms with van der Waals surface area (Å²) in [6.45, 7) is 2.65. The lowest BCUT2D eigenvalue weighted by Crippen LogP contribution is -2.40. The molecule has 0 spiro atoms.